The van der Waals surface area contributed by atoms with E-state index in [2.05, 4.69) is 5.32 Å². The molecule has 0 fully saturated rings. The van der Waals surface area contributed by atoms with E-state index in [-0.39, 0.29) is 5.75 Å². The van der Waals surface area contributed by atoms with E-state index in [0.29, 0.717) is 13.0 Å². The summed E-state index contributed by atoms with van der Waals surface area (Å²) in [7, 11) is 0. The van der Waals surface area contributed by atoms with Crippen molar-refractivity contribution in [2.75, 3.05) is 0 Å². The van der Waals surface area contributed by atoms with Crippen LogP contribution in [0.4, 0.5) is 0 Å². The zero-order valence-electron chi connectivity index (χ0n) is 11.4. The van der Waals surface area contributed by atoms with Gasteiger partial charge in [-0.25, -0.2) is 0 Å². The van der Waals surface area contributed by atoms with E-state index in [1.54, 1.807) is 6.07 Å². The first kappa shape index (κ1) is 13.2. The summed E-state index contributed by atoms with van der Waals surface area (Å²) in [6.45, 7) is 0.501. The summed E-state index contributed by atoms with van der Waals surface area (Å²) >= 11 is 0. The number of nitrogens with one attached hydrogen (secondary N) is 1. The molecular formula is C18H15NO2. The second kappa shape index (κ2) is 5.67. The minimum Gasteiger partial charge on any atom is -0.507 e. The molecular weight excluding hydrogens is 262 g/mol. The summed E-state index contributed by atoms with van der Waals surface area (Å²) in [5, 5.41) is 14.9. The normalized spacial score (nSPS) is 10.5. The van der Waals surface area contributed by atoms with E-state index in [9.17, 15) is 9.90 Å². The zero-order chi connectivity index (χ0) is 14.7. The quantitative estimate of drug-likeness (QED) is 0.717. The van der Waals surface area contributed by atoms with Crippen LogP contribution in [0.5, 0.6) is 5.75 Å². The molecule has 21 heavy (non-hydrogen) atoms. The molecule has 0 radical (unpaired) electrons. The van der Waals surface area contributed by atoms with Gasteiger partial charge in [0.1, 0.15) is 5.75 Å². The molecule has 0 atom stereocenters. The number of benzene rings is 3. The minimum atomic E-state index is 0.271. The largest absolute Gasteiger partial charge is 0.507 e. The molecule has 0 unspecified atom stereocenters. The van der Waals surface area contributed by atoms with Crippen molar-refractivity contribution < 1.29 is 9.90 Å². The fourth-order valence-corrected chi connectivity index (χ4v) is 2.55. The number of rotatable bonds is 4. The fourth-order valence-electron chi connectivity index (χ4n) is 2.55. The van der Waals surface area contributed by atoms with Gasteiger partial charge in [0.2, 0.25) is 6.41 Å². The molecule has 3 aromatic rings. The molecule has 2 N–H and O–H groups in total. The molecule has 3 rings (SSSR count). The van der Waals surface area contributed by atoms with Gasteiger partial charge in [0.25, 0.3) is 0 Å². The number of hydrogen-bond donors (Lipinski definition) is 2. The Morgan fingerprint density at radius 3 is 2.57 bits per heavy atom. The lowest BCUT2D eigenvalue weighted by molar-refractivity contribution is -0.109. The van der Waals surface area contributed by atoms with Crippen LogP contribution >= 0.6 is 0 Å². The lowest BCUT2D eigenvalue weighted by Gasteiger charge is -2.11. The van der Waals surface area contributed by atoms with Crippen LogP contribution in [0.1, 0.15) is 5.56 Å². The second-order valence-corrected chi connectivity index (χ2v) is 4.88. The molecule has 0 aromatic heterocycles. The van der Waals surface area contributed by atoms with Crippen molar-refractivity contribution in [3.63, 3.8) is 0 Å². The predicted octanol–water partition coefficient (Wildman–Crippen LogP) is 3.46. The third-order valence-electron chi connectivity index (χ3n) is 3.51. The Hall–Kier alpha value is -2.81. The van der Waals surface area contributed by atoms with Crippen molar-refractivity contribution in [3.8, 4) is 16.9 Å². The standard InChI is InChI=1S/C18H15NO2/c20-12-19-11-13-6-8-16-15(10-13)7-9-17(21)18(16)14-4-2-1-3-5-14/h1-10,12,21H,11H2,(H,19,20). The van der Waals surface area contributed by atoms with E-state index in [1.165, 1.54) is 0 Å². The Morgan fingerprint density at radius 1 is 1.00 bits per heavy atom. The van der Waals surface area contributed by atoms with Crippen LogP contribution in [0.15, 0.2) is 60.7 Å². The average molecular weight is 277 g/mol. The van der Waals surface area contributed by atoms with Gasteiger partial charge in [0.05, 0.1) is 0 Å². The first-order valence-corrected chi connectivity index (χ1v) is 6.76. The SMILES string of the molecule is O=CNCc1ccc2c(-c3ccccc3)c(O)ccc2c1. The number of amides is 1. The van der Waals surface area contributed by atoms with Crippen LogP contribution in [0.25, 0.3) is 21.9 Å². The number of hydrogen-bond acceptors (Lipinski definition) is 2. The number of carbonyl (C=O) groups is 1. The maximum Gasteiger partial charge on any atom is 0.207 e. The minimum absolute atomic E-state index is 0.271. The highest BCUT2D eigenvalue weighted by Gasteiger charge is 2.09. The molecule has 3 heteroatoms. The molecule has 0 heterocycles. The van der Waals surface area contributed by atoms with E-state index >= 15 is 0 Å². The van der Waals surface area contributed by atoms with Crippen molar-refractivity contribution in [1.29, 1.82) is 0 Å². The molecule has 0 aliphatic carbocycles. The number of fused-ring (bicyclic) bond motifs is 1. The molecule has 104 valence electrons. The van der Waals surface area contributed by atoms with Gasteiger partial charge >= 0.3 is 0 Å². The van der Waals surface area contributed by atoms with E-state index in [0.717, 1.165) is 27.5 Å². The topological polar surface area (TPSA) is 49.3 Å². The average Bonchev–Trinajstić information content (AvgIpc) is 2.53. The van der Waals surface area contributed by atoms with Crippen molar-refractivity contribution in [2.24, 2.45) is 0 Å². The summed E-state index contributed by atoms with van der Waals surface area (Å²) in [6, 6.07) is 19.4. The van der Waals surface area contributed by atoms with Crippen LogP contribution < -0.4 is 5.32 Å². The molecule has 1 amide bonds. The lowest BCUT2D eigenvalue weighted by Crippen LogP contribution is -2.09. The first-order chi connectivity index (χ1) is 10.3. The summed E-state index contributed by atoms with van der Waals surface area (Å²) in [6.07, 6.45) is 0.691. The van der Waals surface area contributed by atoms with Crippen LogP contribution in [-0.2, 0) is 11.3 Å². The molecule has 0 aliphatic heterocycles. The predicted molar refractivity (Wildman–Crippen MR) is 84.0 cm³/mol. The molecule has 0 bridgehead atoms. The van der Waals surface area contributed by atoms with Crippen molar-refractivity contribution >= 4 is 17.2 Å². The Kier molecular flexibility index (Phi) is 3.56. The van der Waals surface area contributed by atoms with E-state index in [1.807, 2.05) is 54.6 Å². The monoisotopic (exact) mass is 277 g/mol. The van der Waals surface area contributed by atoms with Gasteiger partial charge in [0, 0.05) is 12.1 Å². The molecule has 3 aromatic carbocycles. The van der Waals surface area contributed by atoms with Gasteiger partial charge in [-0.2, -0.15) is 0 Å². The number of phenols is 1. The summed E-state index contributed by atoms with van der Waals surface area (Å²) < 4.78 is 0. The molecule has 0 aliphatic rings. The summed E-state index contributed by atoms with van der Waals surface area (Å²) in [5.41, 5.74) is 2.85. The Bertz CT molecular complexity index is 782. The molecule has 0 saturated carbocycles. The highest BCUT2D eigenvalue weighted by Crippen LogP contribution is 2.36. The lowest BCUT2D eigenvalue weighted by atomic mass is 9.96. The number of aromatic hydroxyl groups is 1. The maximum absolute atomic E-state index is 10.4. The van der Waals surface area contributed by atoms with Crippen LogP contribution in [0.3, 0.4) is 0 Å². The molecule has 0 spiro atoms. The third kappa shape index (κ3) is 2.58. The van der Waals surface area contributed by atoms with Crippen LogP contribution in [0.2, 0.25) is 0 Å². The first-order valence-electron chi connectivity index (χ1n) is 6.76. The highest BCUT2D eigenvalue weighted by atomic mass is 16.3. The van der Waals surface area contributed by atoms with Gasteiger partial charge in [0.15, 0.2) is 0 Å². The van der Waals surface area contributed by atoms with Crippen molar-refractivity contribution in [2.45, 2.75) is 6.54 Å². The van der Waals surface area contributed by atoms with Crippen LogP contribution in [0, 0.1) is 0 Å². The van der Waals surface area contributed by atoms with Gasteiger partial charge in [-0.05, 0) is 34.0 Å². The highest BCUT2D eigenvalue weighted by molar-refractivity contribution is 5.99. The van der Waals surface area contributed by atoms with E-state index in [4.69, 9.17) is 0 Å². The van der Waals surface area contributed by atoms with Gasteiger partial charge in [-0.15, -0.1) is 0 Å². The smallest absolute Gasteiger partial charge is 0.207 e. The molecule has 0 saturated heterocycles. The fraction of sp³-hybridized carbons (Fsp3) is 0.0556. The van der Waals surface area contributed by atoms with Crippen molar-refractivity contribution in [3.05, 3.63) is 66.2 Å². The van der Waals surface area contributed by atoms with Gasteiger partial charge in [-0.3, -0.25) is 4.79 Å². The summed E-state index contributed by atoms with van der Waals surface area (Å²) in [5.74, 6) is 0.271. The third-order valence-corrected chi connectivity index (χ3v) is 3.51. The summed E-state index contributed by atoms with van der Waals surface area (Å²) in [4.78, 5) is 10.4. The van der Waals surface area contributed by atoms with Gasteiger partial charge in [-0.1, -0.05) is 48.5 Å². The Labute approximate surface area is 122 Å². The zero-order valence-corrected chi connectivity index (χ0v) is 11.4. The Morgan fingerprint density at radius 2 is 1.81 bits per heavy atom. The van der Waals surface area contributed by atoms with Crippen molar-refractivity contribution in [1.82, 2.24) is 5.32 Å². The Balaban J connectivity index is 2.16. The number of phenolic OH excluding ortho intramolecular Hbond substituents is 1. The van der Waals surface area contributed by atoms with Gasteiger partial charge < -0.3 is 10.4 Å². The van der Waals surface area contributed by atoms with Crippen LogP contribution in [-0.4, -0.2) is 11.5 Å². The second-order valence-electron chi connectivity index (χ2n) is 4.88. The number of carbonyl (C=O) groups excluding carboxylic acids is 1. The molecule has 3 nitrogen and oxygen atoms in total. The maximum atomic E-state index is 10.4. The van der Waals surface area contributed by atoms with E-state index < -0.39 is 0 Å².